The molecule has 1 fully saturated rings. The van der Waals surface area contributed by atoms with E-state index in [1.807, 2.05) is 0 Å². The SMILES string of the molecule is O=C(Nc1ccc(F)cc1)c1ccccc1NC(=O)C1CCCN1S(=O)(=O)c1ccccc1. The smallest absolute Gasteiger partial charge is 0.257 e. The molecule has 0 radical (unpaired) electrons. The quantitative estimate of drug-likeness (QED) is 0.575. The topological polar surface area (TPSA) is 95.6 Å². The van der Waals surface area contributed by atoms with Crippen molar-refractivity contribution in [1.29, 1.82) is 0 Å². The van der Waals surface area contributed by atoms with Gasteiger partial charge in [0, 0.05) is 12.2 Å². The van der Waals surface area contributed by atoms with E-state index in [4.69, 9.17) is 0 Å². The van der Waals surface area contributed by atoms with Crippen LogP contribution in [0.15, 0.2) is 83.8 Å². The average molecular weight is 468 g/mol. The fraction of sp³-hybridized carbons (Fsp3) is 0.167. The van der Waals surface area contributed by atoms with E-state index in [0.717, 1.165) is 0 Å². The van der Waals surface area contributed by atoms with E-state index in [9.17, 15) is 22.4 Å². The number of anilines is 2. The van der Waals surface area contributed by atoms with Crippen LogP contribution in [0.4, 0.5) is 15.8 Å². The third-order valence-corrected chi connectivity index (χ3v) is 7.31. The van der Waals surface area contributed by atoms with Crippen LogP contribution in [-0.4, -0.2) is 37.1 Å². The molecule has 1 aliphatic rings. The van der Waals surface area contributed by atoms with Gasteiger partial charge in [-0.3, -0.25) is 9.59 Å². The highest BCUT2D eigenvalue weighted by molar-refractivity contribution is 7.89. The summed E-state index contributed by atoms with van der Waals surface area (Å²) in [5, 5.41) is 5.38. The lowest BCUT2D eigenvalue weighted by atomic mass is 10.1. The van der Waals surface area contributed by atoms with Crippen LogP contribution in [0, 0.1) is 5.82 Å². The summed E-state index contributed by atoms with van der Waals surface area (Å²) in [6.07, 6.45) is 0.929. The number of rotatable bonds is 6. The molecule has 2 N–H and O–H groups in total. The lowest BCUT2D eigenvalue weighted by Crippen LogP contribution is -2.43. The average Bonchev–Trinajstić information content (AvgIpc) is 3.33. The molecule has 4 rings (SSSR count). The largest absolute Gasteiger partial charge is 0.324 e. The molecular formula is C24H22FN3O4S. The first-order valence-corrected chi connectivity index (χ1v) is 11.8. The van der Waals surface area contributed by atoms with Crippen molar-refractivity contribution < 1.29 is 22.4 Å². The number of nitrogens with one attached hydrogen (secondary N) is 2. The molecule has 1 aliphatic heterocycles. The predicted molar refractivity (Wildman–Crippen MR) is 123 cm³/mol. The second kappa shape index (κ2) is 9.51. The van der Waals surface area contributed by atoms with Crippen molar-refractivity contribution in [1.82, 2.24) is 4.31 Å². The molecule has 1 heterocycles. The zero-order chi connectivity index (χ0) is 23.4. The maximum atomic E-state index is 13.1. The van der Waals surface area contributed by atoms with Gasteiger partial charge in [-0.15, -0.1) is 0 Å². The van der Waals surface area contributed by atoms with Gasteiger partial charge in [-0.2, -0.15) is 4.31 Å². The highest BCUT2D eigenvalue weighted by Crippen LogP contribution is 2.27. The molecule has 7 nitrogen and oxygen atoms in total. The Bertz CT molecular complexity index is 1260. The van der Waals surface area contributed by atoms with Gasteiger partial charge < -0.3 is 10.6 Å². The molecule has 1 saturated heterocycles. The maximum absolute atomic E-state index is 13.1. The van der Waals surface area contributed by atoms with Crippen molar-refractivity contribution in [2.75, 3.05) is 17.2 Å². The van der Waals surface area contributed by atoms with Crippen molar-refractivity contribution in [3.63, 3.8) is 0 Å². The summed E-state index contributed by atoms with van der Waals surface area (Å²) in [5.41, 5.74) is 0.857. The summed E-state index contributed by atoms with van der Waals surface area (Å²) in [6, 6.07) is 18.8. The molecule has 9 heteroatoms. The van der Waals surface area contributed by atoms with E-state index in [0.29, 0.717) is 18.5 Å². The predicted octanol–water partition coefficient (Wildman–Crippen LogP) is 3.87. The number of sulfonamides is 1. The van der Waals surface area contributed by atoms with E-state index in [2.05, 4.69) is 10.6 Å². The summed E-state index contributed by atoms with van der Waals surface area (Å²) < 4.78 is 40.4. The number of carbonyl (C=O) groups excluding carboxylic acids is 2. The summed E-state index contributed by atoms with van der Waals surface area (Å²) in [6.45, 7) is 0.238. The van der Waals surface area contributed by atoms with Crippen molar-refractivity contribution in [2.24, 2.45) is 0 Å². The minimum absolute atomic E-state index is 0.128. The van der Waals surface area contributed by atoms with E-state index in [1.165, 1.54) is 40.7 Å². The second-order valence-corrected chi connectivity index (χ2v) is 9.47. The van der Waals surface area contributed by atoms with Crippen LogP contribution in [-0.2, 0) is 14.8 Å². The molecule has 1 atom stereocenters. The van der Waals surface area contributed by atoms with Gasteiger partial charge in [-0.05, 0) is 61.4 Å². The molecule has 2 amide bonds. The number of hydrogen-bond donors (Lipinski definition) is 2. The fourth-order valence-corrected chi connectivity index (χ4v) is 5.43. The molecule has 0 spiro atoms. The highest BCUT2D eigenvalue weighted by Gasteiger charge is 2.39. The number of benzene rings is 3. The van der Waals surface area contributed by atoms with Crippen LogP contribution in [0.2, 0.25) is 0 Å². The minimum atomic E-state index is -3.83. The Morgan fingerprint density at radius 1 is 0.879 bits per heavy atom. The monoisotopic (exact) mass is 467 g/mol. The van der Waals surface area contributed by atoms with Gasteiger partial charge in [-0.25, -0.2) is 12.8 Å². The molecule has 1 unspecified atom stereocenters. The van der Waals surface area contributed by atoms with Gasteiger partial charge in [0.2, 0.25) is 15.9 Å². The van der Waals surface area contributed by atoms with Crippen LogP contribution in [0.1, 0.15) is 23.2 Å². The number of halogens is 1. The van der Waals surface area contributed by atoms with Crippen LogP contribution in [0.25, 0.3) is 0 Å². The lowest BCUT2D eigenvalue weighted by Gasteiger charge is -2.24. The number of carbonyl (C=O) groups is 2. The molecular weight excluding hydrogens is 445 g/mol. The Hall–Kier alpha value is -3.56. The van der Waals surface area contributed by atoms with Crippen molar-refractivity contribution in [3.8, 4) is 0 Å². The van der Waals surface area contributed by atoms with Crippen LogP contribution < -0.4 is 10.6 Å². The Balaban J connectivity index is 1.53. The van der Waals surface area contributed by atoms with E-state index >= 15 is 0 Å². The standard InChI is InChI=1S/C24H22FN3O4S/c25-17-12-14-18(15-13-17)26-23(29)20-9-4-5-10-21(20)27-24(30)22-11-6-16-28(22)33(31,32)19-7-2-1-3-8-19/h1-5,7-10,12-15,22H,6,11,16H2,(H,26,29)(H,27,30). The number of amides is 2. The molecule has 0 bridgehead atoms. The van der Waals surface area contributed by atoms with E-state index in [1.54, 1.807) is 42.5 Å². The Kier molecular flexibility index (Phi) is 6.52. The van der Waals surface area contributed by atoms with Gasteiger partial charge in [0.1, 0.15) is 11.9 Å². The number of para-hydroxylation sites is 1. The molecule has 0 saturated carbocycles. The van der Waals surface area contributed by atoms with E-state index < -0.39 is 33.7 Å². The van der Waals surface area contributed by atoms with Crippen LogP contribution >= 0.6 is 0 Å². The highest BCUT2D eigenvalue weighted by atomic mass is 32.2. The first-order chi connectivity index (χ1) is 15.9. The number of nitrogens with zero attached hydrogens (tertiary/aromatic N) is 1. The fourth-order valence-electron chi connectivity index (χ4n) is 3.76. The third-order valence-electron chi connectivity index (χ3n) is 5.39. The first kappa shape index (κ1) is 22.6. The van der Waals surface area contributed by atoms with Gasteiger partial charge in [-0.1, -0.05) is 30.3 Å². The van der Waals surface area contributed by atoms with Crippen LogP contribution in [0.5, 0.6) is 0 Å². The zero-order valence-corrected chi connectivity index (χ0v) is 18.4. The molecule has 33 heavy (non-hydrogen) atoms. The Morgan fingerprint density at radius 3 is 2.27 bits per heavy atom. The Morgan fingerprint density at radius 2 is 1.55 bits per heavy atom. The van der Waals surface area contributed by atoms with Gasteiger partial charge >= 0.3 is 0 Å². The zero-order valence-electron chi connectivity index (χ0n) is 17.6. The van der Waals surface area contributed by atoms with Crippen molar-refractivity contribution >= 4 is 33.2 Å². The first-order valence-electron chi connectivity index (χ1n) is 10.4. The normalized spacial score (nSPS) is 16.3. The number of hydrogen-bond acceptors (Lipinski definition) is 4. The summed E-state index contributed by atoms with van der Waals surface area (Å²) in [4.78, 5) is 26.0. The minimum Gasteiger partial charge on any atom is -0.324 e. The van der Waals surface area contributed by atoms with Gasteiger partial charge in [0.05, 0.1) is 16.1 Å². The van der Waals surface area contributed by atoms with E-state index in [-0.39, 0.29) is 22.7 Å². The molecule has 0 aliphatic carbocycles. The maximum Gasteiger partial charge on any atom is 0.257 e. The lowest BCUT2D eigenvalue weighted by molar-refractivity contribution is -0.119. The summed E-state index contributed by atoms with van der Waals surface area (Å²) in [7, 11) is -3.83. The molecule has 0 aromatic heterocycles. The Labute approximate surface area is 191 Å². The third kappa shape index (κ3) is 4.94. The molecule has 3 aromatic rings. The summed E-state index contributed by atoms with van der Waals surface area (Å²) in [5.74, 6) is -1.42. The van der Waals surface area contributed by atoms with Gasteiger partial charge in [0.15, 0.2) is 0 Å². The molecule has 3 aromatic carbocycles. The summed E-state index contributed by atoms with van der Waals surface area (Å²) >= 11 is 0. The molecule has 170 valence electrons. The van der Waals surface area contributed by atoms with Crippen molar-refractivity contribution in [3.05, 3.63) is 90.2 Å². The second-order valence-electron chi connectivity index (χ2n) is 7.58. The van der Waals surface area contributed by atoms with Gasteiger partial charge in [0.25, 0.3) is 5.91 Å². The van der Waals surface area contributed by atoms with Crippen LogP contribution in [0.3, 0.4) is 0 Å². The van der Waals surface area contributed by atoms with Crippen molar-refractivity contribution in [2.45, 2.75) is 23.8 Å².